The van der Waals surface area contributed by atoms with E-state index in [1.807, 2.05) is 6.07 Å². The summed E-state index contributed by atoms with van der Waals surface area (Å²) in [6.45, 7) is 1.12. The molecule has 0 unspecified atom stereocenters. The highest BCUT2D eigenvalue weighted by Crippen LogP contribution is 2.05. The van der Waals surface area contributed by atoms with Gasteiger partial charge in [-0.3, -0.25) is 4.79 Å². The van der Waals surface area contributed by atoms with Crippen molar-refractivity contribution in [3.05, 3.63) is 35.4 Å². The molecule has 0 aliphatic heterocycles. The van der Waals surface area contributed by atoms with Crippen molar-refractivity contribution in [1.82, 2.24) is 5.32 Å². The van der Waals surface area contributed by atoms with E-state index >= 15 is 0 Å². The van der Waals surface area contributed by atoms with E-state index in [9.17, 15) is 9.59 Å². The fourth-order valence-electron chi connectivity index (χ4n) is 1.72. The molecule has 0 aliphatic carbocycles. The van der Waals surface area contributed by atoms with Gasteiger partial charge in [0.05, 0.1) is 5.56 Å². The molecule has 0 aromatic heterocycles. The van der Waals surface area contributed by atoms with Crippen LogP contribution in [0.3, 0.4) is 0 Å². The predicted octanol–water partition coefficient (Wildman–Crippen LogP) is 1.17. The molecule has 1 rings (SSSR count). The number of carboxylic acids is 1. The zero-order valence-electron chi connectivity index (χ0n) is 10.9. The molecule has 0 bridgehead atoms. The molecule has 0 radical (unpaired) electrons. The van der Waals surface area contributed by atoms with Crippen molar-refractivity contribution in [3.8, 4) is 0 Å². The SMILES string of the molecule is NCCCCC(=O)NCCc1cccc(C(=O)O)c1. The number of rotatable bonds is 8. The Hall–Kier alpha value is -1.88. The van der Waals surface area contributed by atoms with Crippen LogP contribution in [0.25, 0.3) is 0 Å². The van der Waals surface area contributed by atoms with Gasteiger partial charge in [-0.25, -0.2) is 4.79 Å². The molecule has 1 amide bonds. The summed E-state index contributed by atoms with van der Waals surface area (Å²) in [6.07, 6.45) is 2.78. The monoisotopic (exact) mass is 264 g/mol. The number of unbranched alkanes of at least 4 members (excludes halogenated alkanes) is 1. The molecule has 0 heterocycles. The summed E-state index contributed by atoms with van der Waals surface area (Å²) in [6, 6.07) is 6.75. The lowest BCUT2D eigenvalue weighted by Crippen LogP contribution is -2.25. The number of aromatic carboxylic acids is 1. The molecule has 1 aromatic rings. The Labute approximate surface area is 112 Å². The Morgan fingerprint density at radius 2 is 2.05 bits per heavy atom. The van der Waals surface area contributed by atoms with Gasteiger partial charge in [0, 0.05) is 13.0 Å². The summed E-state index contributed by atoms with van der Waals surface area (Å²) in [7, 11) is 0. The molecule has 0 aliphatic rings. The molecule has 0 atom stereocenters. The zero-order chi connectivity index (χ0) is 14.1. The quantitative estimate of drug-likeness (QED) is 0.615. The van der Waals surface area contributed by atoms with Crippen LogP contribution < -0.4 is 11.1 Å². The molecule has 4 N–H and O–H groups in total. The number of nitrogens with two attached hydrogens (primary N) is 1. The molecular weight excluding hydrogens is 244 g/mol. The first-order chi connectivity index (χ1) is 9.13. The normalized spacial score (nSPS) is 10.2. The fraction of sp³-hybridized carbons (Fsp3) is 0.429. The van der Waals surface area contributed by atoms with Crippen LogP contribution >= 0.6 is 0 Å². The van der Waals surface area contributed by atoms with E-state index in [4.69, 9.17) is 10.8 Å². The number of carbonyl (C=O) groups is 2. The Balaban J connectivity index is 2.31. The van der Waals surface area contributed by atoms with Gasteiger partial charge in [-0.15, -0.1) is 0 Å². The summed E-state index contributed by atoms with van der Waals surface area (Å²) >= 11 is 0. The van der Waals surface area contributed by atoms with Crippen molar-refractivity contribution < 1.29 is 14.7 Å². The number of amides is 1. The number of benzene rings is 1. The van der Waals surface area contributed by atoms with E-state index in [-0.39, 0.29) is 11.5 Å². The van der Waals surface area contributed by atoms with Crippen LogP contribution in [0.5, 0.6) is 0 Å². The van der Waals surface area contributed by atoms with Crippen molar-refractivity contribution in [2.75, 3.05) is 13.1 Å². The van der Waals surface area contributed by atoms with Gasteiger partial charge in [-0.1, -0.05) is 12.1 Å². The fourth-order valence-corrected chi connectivity index (χ4v) is 1.72. The van der Waals surface area contributed by atoms with Gasteiger partial charge in [0.15, 0.2) is 0 Å². The van der Waals surface area contributed by atoms with E-state index < -0.39 is 5.97 Å². The topological polar surface area (TPSA) is 92.4 Å². The van der Waals surface area contributed by atoms with Gasteiger partial charge in [0.2, 0.25) is 5.91 Å². The van der Waals surface area contributed by atoms with Crippen molar-refractivity contribution in [3.63, 3.8) is 0 Å². The average molecular weight is 264 g/mol. The second kappa shape index (κ2) is 8.26. The van der Waals surface area contributed by atoms with Gasteiger partial charge < -0.3 is 16.2 Å². The van der Waals surface area contributed by atoms with Crippen LogP contribution in [0, 0.1) is 0 Å². The Morgan fingerprint density at radius 3 is 2.74 bits per heavy atom. The maximum absolute atomic E-state index is 11.4. The Morgan fingerprint density at radius 1 is 1.26 bits per heavy atom. The number of carbonyl (C=O) groups excluding carboxylic acids is 1. The number of nitrogens with one attached hydrogen (secondary N) is 1. The van der Waals surface area contributed by atoms with Crippen molar-refractivity contribution in [2.45, 2.75) is 25.7 Å². The third-order valence-electron chi connectivity index (χ3n) is 2.77. The Kier molecular flexibility index (Phi) is 6.60. The lowest BCUT2D eigenvalue weighted by atomic mass is 10.1. The van der Waals surface area contributed by atoms with Crippen LogP contribution in [0.4, 0.5) is 0 Å². The third-order valence-corrected chi connectivity index (χ3v) is 2.77. The predicted molar refractivity (Wildman–Crippen MR) is 73.0 cm³/mol. The lowest BCUT2D eigenvalue weighted by Gasteiger charge is -2.06. The van der Waals surface area contributed by atoms with E-state index in [1.165, 1.54) is 0 Å². The minimum Gasteiger partial charge on any atom is -0.478 e. The van der Waals surface area contributed by atoms with Gasteiger partial charge in [-0.05, 0) is 43.5 Å². The first-order valence-corrected chi connectivity index (χ1v) is 6.42. The van der Waals surface area contributed by atoms with E-state index in [2.05, 4.69) is 5.32 Å². The molecule has 104 valence electrons. The highest BCUT2D eigenvalue weighted by Gasteiger charge is 2.04. The minimum absolute atomic E-state index is 0.0165. The summed E-state index contributed by atoms with van der Waals surface area (Å²) in [5.41, 5.74) is 6.52. The van der Waals surface area contributed by atoms with Gasteiger partial charge >= 0.3 is 5.97 Å². The summed E-state index contributed by atoms with van der Waals surface area (Å²) < 4.78 is 0. The second-order valence-corrected chi connectivity index (χ2v) is 4.35. The summed E-state index contributed by atoms with van der Waals surface area (Å²) in [5.74, 6) is -0.921. The molecule has 19 heavy (non-hydrogen) atoms. The van der Waals surface area contributed by atoms with Crippen LogP contribution in [0.2, 0.25) is 0 Å². The van der Waals surface area contributed by atoms with Gasteiger partial charge in [0.1, 0.15) is 0 Å². The molecule has 0 saturated carbocycles. The van der Waals surface area contributed by atoms with Crippen LogP contribution in [-0.4, -0.2) is 30.1 Å². The lowest BCUT2D eigenvalue weighted by molar-refractivity contribution is -0.121. The zero-order valence-corrected chi connectivity index (χ0v) is 10.9. The first kappa shape index (κ1) is 15.2. The number of hydrogen-bond donors (Lipinski definition) is 3. The van der Waals surface area contributed by atoms with Crippen LogP contribution in [0.15, 0.2) is 24.3 Å². The highest BCUT2D eigenvalue weighted by molar-refractivity contribution is 5.87. The molecular formula is C14H20N2O3. The summed E-state index contributed by atoms with van der Waals surface area (Å²) in [5, 5.41) is 11.7. The van der Waals surface area contributed by atoms with E-state index in [0.717, 1.165) is 18.4 Å². The molecule has 5 nitrogen and oxygen atoms in total. The second-order valence-electron chi connectivity index (χ2n) is 4.35. The van der Waals surface area contributed by atoms with Crippen molar-refractivity contribution in [2.24, 2.45) is 5.73 Å². The maximum atomic E-state index is 11.4. The molecule has 1 aromatic carbocycles. The van der Waals surface area contributed by atoms with Gasteiger partial charge in [0.25, 0.3) is 0 Å². The molecule has 5 heteroatoms. The standard InChI is InChI=1S/C14H20N2O3/c15-8-2-1-6-13(17)16-9-7-11-4-3-5-12(10-11)14(18)19/h3-5,10H,1-2,6-9,15H2,(H,16,17)(H,18,19). The van der Waals surface area contributed by atoms with Gasteiger partial charge in [-0.2, -0.15) is 0 Å². The third kappa shape index (κ3) is 6.01. The van der Waals surface area contributed by atoms with Crippen LogP contribution in [-0.2, 0) is 11.2 Å². The average Bonchev–Trinajstić information content (AvgIpc) is 2.39. The van der Waals surface area contributed by atoms with Crippen molar-refractivity contribution in [1.29, 1.82) is 0 Å². The first-order valence-electron chi connectivity index (χ1n) is 6.42. The maximum Gasteiger partial charge on any atom is 0.335 e. The van der Waals surface area contributed by atoms with E-state index in [0.29, 0.717) is 25.9 Å². The molecule has 0 fully saturated rings. The highest BCUT2D eigenvalue weighted by atomic mass is 16.4. The minimum atomic E-state index is -0.937. The largest absolute Gasteiger partial charge is 0.478 e. The molecule has 0 saturated heterocycles. The Bertz CT molecular complexity index is 432. The smallest absolute Gasteiger partial charge is 0.335 e. The number of carboxylic acid groups (broad SMARTS) is 1. The molecule has 0 spiro atoms. The number of hydrogen-bond acceptors (Lipinski definition) is 3. The van der Waals surface area contributed by atoms with Crippen LogP contribution in [0.1, 0.15) is 35.2 Å². The van der Waals surface area contributed by atoms with Crippen molar-refractivity contribution >= 4 is 11.9 Å². The summed E-state index contributed by atoms with van der Waals surface area (Å²) in [4.78, 5) is 22.2. The van der Waals surface area contributed by atoms with E-state index in [1.54, 1.807) is 18.2 Å².